The maximum Gasteiger partial charge on any atom is 0.217 e. The molecule has 0 unspecified atom stereocenters. The Hall–Kier alpha value is 0.390. The average molecular weight is 296 g/mol. The van der Waals surface area contributed by atoms with Crippen LogP contribution >= 0.6 is 15.9 Å². The SMILES string of the molecule is O=S(=O)(C1CC1)N(CCCBr)C1CCC1. The molecule has 0 bridgehead atoms. The molecule has 15 heavy (non-hydrogen) atoms. The predicted molar refractivity (Wildman–Crippen MR) is 64.7 cm³/mol. The lowest BCUT2D eigenvalue weighted by molar-refractivity contribution is 0.220. The van der Waals surface area contributed by atoms with Crippen LogP contribution in [0, 0.1) is 0 Å². The number of hydrogen-bond acceptors (Lipinski definition) is 2. The van der Waals surface area contributed by atoms with E-state index in [1.807, 2.05) is 0 Å². The molecule has 5 heteroatoms. The Labute approximate surface area is 100 Å². The molecule has 2 aliphatic carbocycles. The molecule has 2 fully saturated rings. The van der Waals surface area contributed by atoms with Gasteiger partial charge in [0.2, 0.25) is 10.0 Å². The summed E-state index contributed by atoms with van der Waals surface area (Å²) in [7, 11) is -2.95. The molecule has 2 aliphatic rings. The lowest BCUT2D eigenvalue weighted by atomic mass is 9.93. The predicted octanol–water partition coefficient (Wildman–Crippen LogP) is 2.12. The second kappa shape index (κ2) is 4.72. The van der Waals surface area contributed by atoms with E-state index in [4.69, 9.17) is 0 Å². The number of alkyl halides is 1. The first-order valence-corrected chi connectivity index (χ1v) is 8.35. The summed E-state index contributed by atoms with van der Waals surface area (Å²) in [5.41, 5.74) is 0. The molecule has 0 spiro atoms. The van der Waals surface area contributed by atoms with Gasteiger partial charge in [0.05, 0.1) is 5.25 Å². The minimum absolute atomic E-state index is 0.0478. The van der Waals surface area contributed by atoms with E-state index in [0.717, 1.165) is 37.4 Å². The second-order valence-electron chi connectivity index (χ2n) is 4.48. The normalized spacial score (nSPS) is 23.1. The molecule has 88 valence electrons. The van der Waals surface area contributed by atoms with E-state index < -0.39 is 10.0 Å². The van der Waals surface area contributed by atoms with Crippen molar-refractivity contribution in [3.8, 4) is 0 Å². The van der Waals surface area contributed by atoms with Gasteiger partial charge >= 0.3 is 0 Å². The van der Waals surface area contributed by atoms with Gasteiger partial charge < -0.3 is 0 Å². The van der Waals surface area contributed by atoms with Crippen LogP contribution in [-0.4, -0.2) is 35.9 Å². The van der Waals surface area contributed by atoms with Gasteiger partial charge in [-0.15, -0.1) is 0 Å². The summed E-state index contributed by atoms with van der Waals surface area (Å²) in [6.45, 7) is 0.703. The molecule has 0 aromatic carbocycles. The molecule has 0 amide bonds. The number of halogens is 1. The van der Waals surface area contributed by atoms with Gasteiger partial charge in [-0.2, -0.15) is 4.31 Å². The number of rotatable bonds is 6. The first kappa shape index (κ1) is 11.9. The molecule has 0 N–H and O–H groups in total. The van der Waals surface area contributed by atoms with Crippen molar-refractivity contribution in [1.29, 1.82) is 0 Å². The summed E-state index contributed by atoms with van der Waals surface area (Å²) >= 11 is 3.36. The van der Waals surface area contributed by atoms with Crippen LogP contribution in [0.4, 0.5) is 0 Å². The van der Waals surface area contributed by atoms with E-state index in [1.54, 1.807) is 4.31 Å². The van der Waals surface area contributed by atoms with Crippen molar-refractivity contribution in [1.82, 2.24) is 4.31 Å². The van der Waals surface area contributed by atoms with Gasteiger partial charge in [-0.05, 0) is 32.1 Å². The fourth-order valence-electron chi connectivity index (χ4n) is 1.97. The fourth-order valence-corrected chi connectivity index (χ4v) is 4.34. The van der Waals surface area contributed by atoms with Crippen molar-refractivity contribution in [3.63, 3.8) is 0 Å². The van der Waals surface area contributed by atoms with Gasteiger partial charge in [0, 0.05) is 17.9 Å². The third-order valence-corrected chi connectivity index (χ3v) is 6.28. The van der Waals surface area contributed by atoms with Crippen molar-refractivity contribution < 1.29 is 8.42 Å². The number of hydrogen-bond donors (Lipinski definition) is 0. The van der Waals surface area contributed by atoms with Crippen LogP contribution in [0.5, 0.6) is 0 Å². The van der Waals surface area contributed by atoms with Crippen LogP contribution in [0.1, 0.15) is 38.5 Å². The number of sulfonamides is 1. The third-order valence-electron chi connectivity index (χ3n) is 3.27. The van der Waals surface area contributed by atoms with Crippen LogP contribution in [0.2, 0.25) is 0 Å². The van der Waals surface area contributed by atoms with Gasteiger partial charge in [0.1, 0.15) is 0 Å². The molecule has 3 nitrogen and oxygen atoms in total. The Balaban J connectivity index is 2.02. The standard InChI is InChI=1S/C10H18BrNO2S/c11-7-2-8-12(9-3-1-4-9)15(13,14)10-5-6-10/h9-10H,1-8H2. The molecule has 0 aromatic heterocycles. The van der Waals surface area contributed by atoms with Crippen molar-refractivity contribution in [2.24, 2.45) is 0 Å². The second-order valence-corrected chi connectivity index (χ2v) is 7.44. The molecule has 2 rings (SSSR count). The smallest absolute Gasteiger partial charge is 0.212 e. The lowest BCUT2D eigenvalue weighted by Gasteiger charge is -2.36. The van der Waals surface area contributed by atoms with Gasteiger partial charge in [-0.25, -0.2) is 8.42 Å². The Kier molecular flexibility index (Phi) is 3.73. The molecule has 0 aliphatic heterocycles. The van der Waals surface area contributed by atoms with E-state index in [-0.39, 0.29) is 5.25 Å². The highest BCUT2D eigenvalue weighted by Crippen LogP contribution is 2.36. The van der Waals surface area contributed by atoms with Gasteiger partial charge in [-0.3, -0.25) is 0 Å². The molecule has 0 radical (unpaired) electrons. The van der Waals surface area contributed by atoms with Crippen LogP contribution < -0.4 is 0 Å². The quantitative estimate of drug-likeness (QED) is 0.704. The van der Waals surface area contributed by atoms with E-state index >= 15 is 0 Å². The molecular formula is C10H18BrNO2S. The fraction of sp³-hybridized carbons (Fsp3) is 1.00. The molecule has 0 aromatic rings. The van der Waals surface area contributed by atoms with Gasteiger partial charge in [-0.1, -0.05) is 22.4 Å². The van der Waals surface area contributed by atoms with Crippen molar-refractivity contribution in [2.75, 3.05) is 11.9 Å². The molecule has 0 heterocycles. The van der Waals surface area contributed by atoms with E-state index in [0.29, 0.717) is 12.6 Å². The summed E-state index contributed by atoms with van der Waals surface area (Å²) in [4.78, 5) is 0. The molecular weight excluding hydrogens is 278 g/mol. The zero-order valence-corrected chi connectivity index (χ0v) is 11.3. The first-order valence-electron chi connectivity index (χ1n) is 5.73. The van der Waals surface area contributed by atoms with E-state index in [2.05, 4.69) is 15.9 Å². The molecule has 2 saturated carbocycles. The van der Waals surface area contributed by atoms with Crippen molar-refractivity contribution in [3.05, 3.63) is 0 Å². The Morgan fingerprint density at radius 3 is 2.27 bits per heavy atom. The summed E-state index contributed by atoms with van der Waals surface area (Å²) in [6, 6.07) is 0.314. The van der Waals surface area contributed by atoms with Crippen LogP contribution in [0.3, 0.4) is 0 Å². The van der Waals surface area contributed by atoms with Gasteiger partial charge in [0.25, 0.3) is 0 Å². The van der Waals surface area contributed by atoms with Gasteiger partial charge in [0.15, 0.2) is 0 Å². The monoisotopic (exact) mass is 295 g/mol. The summed E-state index contributed by atoms with van der Waals surface area (Å²) < 4.78 is 26.1. The van der Waals surface area contributed by atoms with E-state index in [9.17, 15) is 8.42 Å². The molecule has 0 atom stereocenters. The van der Waals surface area contributed by atoms with Crippen molar-refractivity contribution >= 4 is 26.0 Å². The maximum atomic E-state index is 12.1. The zero-order valence-electron chi connectivity index (χ0n) is 8.86. The largest absolute Gasteiger partial charge is 0.217 e. The Bertz CT molecular complexity index is 309. The maximum absolute atomic E-state index is 12.1. The first-order chi connectivity index (χ1) is 7.16. The Morgan fingerprint density at radius 1 is 1.20 bits per heavy atom. The highest BCUT2D eigenvalue weighted by Gasteiger charge is 2.43. The summed E-state index contributed by atoms with van der Waals surface area (Å²) in [6.07, 6.45) is 5.99. The summed E-state index contributed by atoms with van der Waals surface area (Å²) in [5, 5.41) is 0.838. The zero-order chi connectivity index (χ0) is 10.9. The van der Waals surface area contributed by atoms with E-state index in [1.165, 1.54) is 6.42 Å². The van der Waals surface area contributed by atoms with Crippen LogP contribution in [-0.2, 0) is 10.0 Å². The number of nitrogens with zero attached hydrogens (tertiary/aromatic N) is 1. The van der Waals surface area contributed by atoms with Crippen molar-refractivity contribution in [2.45, 2.75) is 49.8 Å². The lowest BCUT2D eigenvalue weighted by Crippen LogP contribution is -2.46. The Morgan fingerprint density at radius 2 is 1.87 bits per heavy atom. The highest BCUT2D eigenvalue weighted by atomic mass is 79.9. The third kappa shape index (κ3) is 2.56. The van der Waals surface area contributed by atoms with Crippen LogP contribution in [0.25, 0.3) is 0 Å². The highest BCUT2D eigenvalue weighted by molar-refractivity contribution is 9.09. The minimum Gasteiger partial charge on any atom is -0.212 e. The summed E-state index contributed by atoms with van der Waals surface area (Å²) in [5.74, 6) is 0. The molecule has 0 saturated heterocycles. The topological polar surface area (TPSA) is 37.4 Å². The average Bonchev–Trinajstić information content (AvgIpc) is 2.91. The minimum atomic E-state index is -2.95. The van der Waals surface area contributed by atoms with Crippen LogP contribution in [0.15, 0.2) is 0 Å².